The second-order valence-electron chi connectivity index (χ2n) is 5.41. The van der Waals surface area contributed by atoms with Gasteiger partial charge in [0.2, 0.25) is 0 Å². The van der Waals surface area contributed by atoms with Crippen molar-refractivity contribution in [1.29, 1.82) is 0 Å². The van der Waals surface area contributed by atoms with Crippen LogP contribution in [-0.2, 0) is 0 Å². The SMILES string of the molecule is CSC(C)CCNCCCCC(C)(C)C(N)=NO. The highest BCUT2D eigenvalue weighted by Crippen LogP contribution is 2.23. The first kappa shape index (κ1) is 17.6. The molecule has 0 aromatic heterocycles. The van der Waals surface area contributed by atoms with Crippen LogP contribution in [0.2, 0.25) is 0 Å². The number of oxime groups is 1. The van der Waals surface area contributed by atoms with Crippen LogP contribution in [0.1, 0.15) is 46.5 Å². The van der Waals surface area contributed by atoms with Crippen LogP contribution in [0, 0.1) is 5.41 Å². The summed E-state index contributed by atoms with van der Waals surface area (Å²) in [5, 5.41) is 16.0. The number of rotatable bonds is 10. The number of thioether (sulfide) groups is 1. The van der Waals surface area contributed by atoms with Crippen molar-refractivity contribution in [3.05, 3.63) is 0 Å². The molecule has 1 unspecified atom stereocenters. The third kappa shape index (κ3) is 7.82. The van der Waals surface area contributed by atoms with Crippen LogP contribution in [0.3, 0.4) is 0 Å². The second-order valence-corrected chi connectivity index (χ2v) is 6.69. The second kappa shape index (κ2) is 9.50. The molecule has 18 heavy (non-hydrogen) atoms. The number of hydrogen-bond acceptors (Lipinski definition) is 4. The van der Waals surface area contributed by atoms with E-state index in [2.05, 4.69) is 23.7 Å². The largest absolute Gasteiger partial charge is 0.409 e. The fourth-order valence-electron chi connectivity index (χ4n) is 1.63. The van der Waals surface area contributed by atoms with Crippen molar-refractivity contribution in [3.8, 4) is 0 Å². The van der Waals surface area contributed by atoms with E-state index in [4.69, 9.17) is 10.9 Å². The van der Waals surface area contributed by atoms with Crippen molar-refractivity contribution in [1.82, 2.24) is 5.32 Å². The molecule has 0 aromatic carbocycles. The number of nitrogens with two attached hydrogens (primary N) is 1. The van der Waals surface area contributed by atoms with E-state index in [1.54, 1.807) is 0 Å². The maximum Gasteiger partial charge on any atom is 0.144 e. The lowest BCUT2D eigenvalue weighted by Gasteiger charge is -2.22. The molecular weight excluding hydrogens is 246 g/mol. The minimum Gasteiger partial charge on any atom is -0.409 e. The van der Waals surface area contributed by atoms with Gasteiger partial charge in [0.15, 0.2) is 0 Å². The zero-order chi connectivity index (χ0) is 14.0. The molecule has 0 radical (unpaired) electrons. The maximum atomic E-state index is 8.67. The molecule has 0 heterocycles. The first-order chi connectivity index (χ1) is 8.44. The molecule has 0 rings (SSSR count). The Morgan fingerprint density at radius 2 is 2.06 bits per heavy atom. The Kier molecular flexibility index (Phi) is 9.28. The Morgan fingerprint density at radius 3 is 2.61 bits per heavy atom. The summed E-state index contributed by atoms with van der Waals surface area (Å²) in [6.45, 7) is 8.41. The van der Waals surface area contributed by atoms with E-state index in [9.17, 15) is 0 Å². The van der Waals surface area contributed by atoms with E-state index in [-0.39, 0.29) is 5.41 Å². The van der Waals surface area contributed by atoms with E-state index < -0.39 is 0 Å². The molecule has 5 heteroatoms. The van der Waals surface area contributed by atoms with Crippen molar-refractivity contribution in [2.45, 2.75) is 51.7 Å². The molecule has 4 nitrogen and oxygen atoms in total. The van der Waals surface area contributed by atoms with Crippen LogP contribution in [-0.4, -0.2) is 35.6 Å². The highest BCUT2D eigenvalue weighted by molar-refractivity contribution is 7.99. The van der Waals surface area contributed by atoms with Crippen LogP contribution >= 0.6 is 11.8 Å². The molecule has 0 aliphatic heterocycles. The predicted molar refractivity (Wildman–Crippen MR) is 81.5 cm³/mol. The van der Waals surface area contributed by atoms with Crippen molar-refractivity contribution >= 4 is 17.6 Å². The van der Waals surface area contributed by atoms with E-state index >= 15 is 0 Å². The van der Waals surface area contributed by atoms with Crippen molar-refractivity contribution in [2.75, 3.05) is 19.3 Å². The molecule has 0 amide bonds. The van der Waals surface area contributed by atoms with Crippen LogP contribution in [0.5, 0.6) is 0 Å². The maximum absolute atomic E-state index is 8.67. The van der Waals surface area contributed by atoms with Crippen LogP contribution in [0.25, 0.3) is 0 Å². The van der Waals surface area contributed by atoms with Gasteiger partial charge < -0.3 is 16.3 Å². The smallest absolute Gasteiger partial charge is 0.144 e. The van der Waals surface area contributed by atoms with E-state index in [0.717, 1.165) is 37.6 Å². The monoisotopic (exact) mass is 275 g/mol. The molecule has 0 bridgehead atoms. The van der Waals surface area contributed by atoms with Gasteiger partial charge >= 0.3 is 0 Å². The van der Waals surface area contributed by atoms with Gasteiger partial charge in [0.25, 0.3) is 0 Å². The van der Waals surface area contributed by atoms with Crippen LogP contribution < -0.4 is 11.1 Å². The highest BCUT2D eigenvalue weighted by Gasteiger charge is 2.22. The number of nitrogens with zero attached hydrogens (tertiary/aromatic N) is 1. The number of amidine groups is 1. The minimum atomic E-state index is -0.206. The zero-order valence-corrected chi connectivity index (χ0v) is 13.0. The zero-order valence-electron chi connectivity index (χ0n) is 12.2. The summed E-state index contributed by atoms with van der Waals surface area (Å²) >= 11 is 1.91. The molecule has 0 fully saturated rings. The Bertz CT molecular complexity index is 244. The quantitative estimate of drug-likeness (QED) is 0.188. The normalized spacial score (nSPS) is 14.8. The molecule has 1 atom stereocenters. The fraction of sp³-hybridized carbons (Fsp3) is 0.923. The first-order valence-electron chi connectivity index (χ1n) is 6.65. The summed E-state index contributed by atoms with van der Waals surface area (Å²) in [5.74, 6) is 0.323. The molecule has 0 aromatic rings. The van der Waals surface area contributed by atoms with Gasteiger partial charge in [0.1, 0.15) is 5.84 Å². The molecule has 0 aliphatic carbocycles. The van der Waals surface area contributed by atoms with Gasteiger partial charge in [-0.15, -0.1) is 0 Å². The summed E-state index contributed by atoms with van der Waals surface area (Å²) in [7, 11) is 0. The Morgan fingerprint density at radius 1 is 1.39 bits per heavy atom. The summed E-state index contributed by atoms with van der Waals surface area (Å²) in [4.78, 5) is 0. The Balaban J connectivity index is 3.51. The predicted octanol–water partition coefficient (Wildman–Crippen LogP) is 2.66. The molecule has 0 aliphatic rings. The van der Waals surface area contributed by atoms with Gasteiger partial charge in [-0.1, -0.05) is 32.3 Å². The molecule has 0 saturated heterocycles. The topological polar surface area (TPSA) is 70.6 Å². The fourth-order valence-corrected chi connectivity index (χ4v) is 1.98. The van der Waals surface area contributed by atoms with E-state index in [1.807, 2.05) is 25.6 Å². The van der Waals surface area contributed by atoms with Crippen LogP contribution in [0.4, 0.5) is 0 Å². The highest BCUT2D eigenvalue weighted by atomic mass is 32.2. The van der Waals surface area contributed by atoms with Gasteiger partial charge in [-0.3, -0.25) is 0 Å². The standard InChI is InChI=1S/C13H29N3OS/c1-11(18-4)7-10-15-9-6-5-8-13(2,3)12(14)16-17/h11,15,17H,5-10H2,1-4H3,(H2,14,16). The summed E-state index contributed by atoms with van der Waals surface area (Å²) in [6, 6.07) is 0. The van der Waals surface area contributed by atoms with Crippen LogP contribution in [0.15, 0.2) is 5.16 Å². The lowest BCUT2D eigenvalue weighted by Crippen LogP contribution is -2.32. The lowest BCUT2D eigenvalue weighted by molar-refractivity contribution is 0.304. The van der Waals surface area contributed by atoms with Gasteiger partial charge in [0.05, 0.1) is 0 Å². The summed E-state index contributed by atoms with van der Waals surface area (Å²) in [5.41, 5.74) is 5.44. The third-order valence-corrected chi connectivity index (χ3v) is 4.38. The van der Waals surface area contributed by atoms with Crippen molar-refractivity contribution < 1.29 is 5.21 Å². The van der Waals surface area contributed by atoms with E-state index in [0.29, 0.717) is 5.84 Å². The summed E-state index contributed by atoms with van der Waals surface area (Å²) < 4.78 is 0. The van der Waals surface area contributed by atoms with Gasteiger partial charge in [-0.25, -0.2) is 0 Å². The first-order valence-corrected chi connectivity index (χ1v) is 7.94. The number of unbranched alkanes of at least 4 members (excludes halogenated alkanes) is 1. The van der Waals surface area contributed by atoms with Crippen molar-refractivity contribution in [3.63, 3.8) is 0 Å². The van der Waals surface area contributed by atoms with Gasteiger partial charge in [-0.2, -0.15) is 11.8 Å². The molecule has 4 N–H and O–H groups in total. The summed E-state index contributed by atoms with van der Waals surface area (Å²) in [6.07, 6.45) is 6.55. The third-order valence-electron chi connectivity index (χ3n) is 3.34. The Labute approximate surface area is 116 Å². The number of nitrogens with one attached hydrogen (secondary N) is 1. The molecule has 0 spiro atoms. The minimum absolute atomic E-state index is 0.206. The molecule has 108 valence electrons. The average Bonchev–Trinajstić information content (AvgIpc) is 2.35. The van der Waals surface area contributed by atoms with Gasteiger partial charge in [0, 0.05) is 10.7 Å². The number of hydrogen-bond donors (Lipinski definition) is 3. The molecule has 0 saturated carbocycles. The average molecular weight is 275 g/mol. The lowest BCUT2D eigenvalue weighted by atomic mass is 9.86. The van der Waals surface area contributed by atoms with E-state index in [1.165, 1.54) is 6.42 Å². The van der Waals surface area contributed by atoms with Crippen molar-refractivity contribution in [2.24, 2.45) is 16.3 Å². The molecular formula is C13H29N3OS. The Hall–Kier alpha value is -0.420. The van der Waals surface area contributed by atoms with Gasteiger partial charge in [-0.05, 0) is 38.6 Å².